The second-order valence-corrected chi connectivity index (χ2v) is 4.04. The highest BCUT2D eigenvalue weighted by atomic mass is 16.6. The van der Waals surface area contributed by atoms with E-state index >= 15 is 0 Å². The van der Waals surface area contributed by atoms with E-state index in [4.69, 9.17) is 4.74 Å². The Morgan fingerprint density at radius 1 is 1.32 bits per heavy atom. The number of ether oxygens (including phenoxy) is 1. The quantitative estimate of drug-likeness (QED) is 0.601. The van der Waals surface area contributed by atoms with Gasteiger partial charge in [-0.2, -0.15) is 0 Å². The van der Waals surface area contributed by atoms with Gasteiger partial charge in [0, 0.05) is 25.8 Å². The number of nitro groups is 2. The van der Waals surface area contributed by atoms with Crippen LogP contribution < -0.4 is 5.32 Å². The van der Waals surface area contributed by atoms with Crippen LogP contribution in [0.25, 0.3) is 0 Å². The fourth-order valence-electron chi connectivity index (χ4n) is 1.54. The highest BCUT2D eigenvalue weighted by Crippen LogP contribution is 2.29. The number of nitrogens with one attached hydrogen (secondary N) is 1. The molecule has 1 aromatic carbocycles. The Hall–Kier alpha value is -2.22. The number of benzene rings is 1. The molecule has 0 saturated carbocycles. The number of nitrogens with zero attached hydrogens (tertiary/aromatic N) is 2. The summed E-state index contributed by atoms with van der Waals surface area (Å²) in [6.07, 6.45) is 0.671. The zero-order valence-corrected chi connectivity index (χ0v) is 10.7. The summed E-state index contributed by atoms with van der Waals surface area (Å²) in [5, 5.41) is 24.5. The molecule has 0 fully saturated rings. The van der Waals surface area contributed by atoms with E-state index in [1.54, 1.807) is 7.11 Å². The highest BCUT2D eigenvalue weighted by Gasteiger charge is 2.20. The summed E-state index contributed by atoms with van der Waals surface area (Å²) in [5.41, 5.74) is -0.348. The summed E-state index contributed by atoms with van der Waals surface area (Å²) in [6, 6.07) is 3.49. The zero-order valence-electron chi connectivity index (χ0n) is 10.7. The second kappa shape index (κ2) is 6.64. The minimum Gasteiger partial charge on any atom is -0.385 e. The number of nitro benzene ring substituents is 2. The number of hydrogen-bond donors (Lipinski definition) is 1. The summed E-state index contributed by atoms with van der Waals surface area (Å²) in [7, 11) is 1.57. The molecule has 0 aliphatic carbocycles. The molecule has 1 unspecified atom stereocenters. The Bertz CT molecular complexity index is 477. The van der Waals surface area contributed by atoms with E-state index in [0.29, 0.717) is 13.0 Å². The van der Waals surface area contributed by atoms with Crippen molar-refractivity contribution in [3.8, 4) is 0 Å². The van der Waals surface area contributed by atoms with Crippen LogP contribution in [-0.2, 0) is 4.74 Å². The standard InChI is InChI=1S/C11H15N3O5/c1-8(5-6-19-2)12-10-4-3-9(13(15)16)7-11(10)14(17)18/h3-4,7-8,12H,5-6H2,1-2H3. The first-order chi connectivity index (χ1) is 8.95. The lowest BCUT2D eigenvalue weighted by molar-refractivity contribution is -0.393. The maximum absolute atomic E-state index is 10.9. The monoisotopic (exact) mass is 269 g/mol. The van der Waals surface area contributed by atoms with Gasteiger partial charge < -0.3 is 10.1 Å². The second-order valence-electron chi connectivity index (χ2n) is 4.04. The maximum Gasteiger partial charge on any atom is 0.299 e. The van der Waals surface area contributed by atoms with E-state index in [0.717, 1.165) is 6.07 Å². The molecule has 0 saturated heterocycles. The van der Waals surface area contributed by atoms with Gasteiger partial charge in [0.25, 0.3) is 11.4 Å². The van der Waals surface area contributed by atoms with E-state index in [1.165, 1.54) is 12.1 Å². The third kappa shape index (κ3) is 4.18. The molecule has 0 bridgehead atoms. The van der Waals surface area contributed by atoms with Gasteiger partial charge in [0.1, 0.15) is 5.69 Å². The molecule has 1 N–H and O–H groups in total. The molecule has 8 heteroatoms. The normalized spacial score (nSPS) is 11.9. The van der Waals surface area contributed by atoms with Gasteiger partial charge in [0.15, 0.2) is 0 Å². The van der Waals surface area contributed by atoms with Crippen molar-refractivity contribution in [1.82, 2.24) is 0 Å². The lowest BCUT2D eigenvalue weighted by Gasteiger charge is -2.14. The lowest BCUT2D eigenvalue weighted by Crippen LogP contribution is -2.18. The first-order valence-corrected chi connectivity index (χ1v) is 5.64. The number of non-ortho nitro benzene ring substituents is 1. The van der Waals surface area contributed by atoms with Gasteiger partial charge in [-0.3, -0.25) is 20.2 Å². The molecule has 19 heavy (non-hydrogen) atoms. The van der Waals surface area contributed by atoms with Gasteiger partial charge in [-0.25, -0.2) is 0 Å². The smallest absolute Gasteiger partial charge is 0.299 e. The Kier molecular flexibility index (Phi) is 5.19. The van der Waals surface area contributed by atoms with Crippen molar-refractivity contribution in [2.75, 3.05) is 19.0 Å². The molecule has 0 amide bonds. The van der Waals surface area contributed by atoms with Crippen molar-refractivity contribution in [3.63, 3.8) is 0 Å². The Morgan fingerprint density at radius 2 is 2.00 bits per heavy atom. The largest absolute Gasteiger partial charge is 0.385 e. The third-order valence-electron chi connectivity index (χ3n) is 2.55. The van der Waals surface area contributed by atoms with Crippen molar-refractivity contribution < 1.29 is 14.6 Å². The molecule has 104 valence electrons. The van der Waals surface area contributed by atoms with Gasteiger partial charge in [0.2, 0.25) is 0 Å². The first kappa shape index (κ1) is 14.8. The van der Waals surface area contributed by atoms with Crippen LogP contribution in [0.4, 0.5) is 17.1 Å². The van der Waals surface area contributed by atoms with E-state index in [-0.39, 0.29) is 23.1 Å². The van der Waals surface area contributed by atoms with Crippen molar-refractivity contribution >= 4 is 17.1 Å². The van der Waals surface area contributed by atoms with Crippen molar-refractivity contribution in [3.05, 3.63) is 38.4 Å². The Balaban J connectivity index is 2.94. The Morgan fingerprint density at radius 3 is 2.53 bits per heavy atom. The topological polar surface area (TPSA) is 108 Å². The van der Waals surface area contributed by atoms with Crippen LogP contribution in [0.15, 0.2) is 18.2 Å². The average Bonchev–Trinajstić information content (AvgIpc) is 2.36. The van der Waals surface area contributed by atoms with Crippen LogP contribution in [0.5, 0.6) is 0 Å². The molecular weight excluding hydrogens is 254 g/mol. The first-order valence-electron chi connectivity index (χ1n) is 5.64. The van der Waals surface area contributed by atoms with E-state index < -0.39 is 9.85 Å². The fourth-order valence-corrected chi connectivity index (χ4v) is 1.54. The van der Waals surface area contributed by atoms with Crippen LogP contribution in [0.1, 0.15) is 13.3 Å². The van der Waals surface area contributed by atoms with Crippen LogP contribution in [0, 0.1) is 20.2 Å². The van der Waals surface area contributed by atoms with Gasteiger partial charge in [-0.1, -0.05) is 0 Å². The molecule has 0 heterocycles. The maximum atomic E-state index is 10.9. The van der Waals surface area contributed by atoms with Gasteiger partial charge in [0.05, 0.1) is 15.9 Å². The van der Waals surface area contributed by atoms with Crippen LogP contribution >= 0.6 is 0 Å². The molecule has 1 atom stereocenters. The third-order valence-corrected chi connectivity index (χ3v) is 2.55. The molecule has 8 nitrogen and oxygen atoms in total. The van der Waals surface area contributed by atoms with Crippen LogP contribution in [0.3, 0.4) is 0 Å². The lowest BCUT2D eigenvalue weighted by atomic mass is 10.2. The van der Waals surface area contributed by atoms with E-state index in [2.05, 4.69) is 5.32 Å². The molecule has 1 rings (SSSR count). The summed E-state index contributed by atoms with van der Waals surface area (Å²) in [4.78, 5) is 20.2. The van der Waals surface area contributed by atoms with Crippen molar-refractivity contribution in [2.24, 2.45) is 0 Å². The van der Waals surface area contributed by atoms with Gasteiger partial charge >= 0.3 is 0 Å². The predicted molar refractivity (Wildman–Crippen MR) is 69.3 cm³/mol. The van der Waals surface area contributed by atoms with E-state index in [9.17, 15) is 20.2 Å². The molecule has 0 aliphatic heterocycles. The summed E-state index contributed by atoms with van der Waals surface area (Å²) in [6.45, 7) is 2.37. The number of rotatable bonds is 7. The molecule has 0 aliphatic rings. The predicted octanol–water partition coefficient (Wildman–Crippen LogP) is 2.34. The van der Waals surface area contributed by atoms with Gasteiger partial charge in [-0.05, 0) is 19.4 Å². The number of anilines is 1. The Labute approximate surface area is 109 Å². The van der Waals surface area contributed by atoms with Crippen molar-refractivity contribution in [2.45, 2.75) is 19.4 Å². The summed E-state index contributed by atoms with van der Waals surface area (Å²) >= 11 is 0. The SMILES string of the molecule is COCCC(C)Nc1ccc([N+](=O)[O-])cc1[N+](=O)[O-]. The summed E-state index contributed by atoms with van der Waals surface area (Å²) < 4.78 is 4.92. The minimum atomic E-state index is -0.662. The zero-order chi connectivity index (χ0) is 14.4. The molecule has 1 aromatic rings. The fraction of sp³-hybridized carbons (Fsp3) is 0.455. The van der Waals surface area contributed by atoms with Crippen LogP contribution in [-0.4, -0.2) is 29.6 Å². The number of methoxy groups -OCH3 is 1. The van der Waals surface area contributed by atoms with Crippen LogP contribution in [0.2, 0.25) is 0 Å². The number of hydrogen-bond acceptors (Lipinski definition) is 6. The van der Waals surface area contributed by atoms with E-state index in [1.807, 2.05) is 6.92 Å². The minimum absolute atomic E-state index is 0.0416. The van der Waals surface area contributed by atoms with Crippen molar-refractivity contribution in [1.29, 1.82) is 0 Å². The molecule has 0 radical (unpaired) electrons. The molecule has 0 aromatic heterocycles. The average molecular weight is 269 g/mol. The molecular formula is C11H15N3O5. The highest BCUT2D eigenvalue weighted by molar-refractivity contribution is 5.65. The molecule has 0 spiro atoms. The van der Waals surface area contributed by atoms with Gasteiger partial charge in [-0.15, -0.1) is 0 Å². The summed E-state index contributed by atoms with van der Waals surface area (Å²) in [5.74, 6) is 0.